The van der Waals surface area contributed by atoms with Gasteiger partial charge < -0.3 is 14.6 Å². The molecule has 2 aromatic carbocycles. The Bertz CT molecular complexity index is 656. The van der Waals surface area contributed by atoms with Gasteiger partial charge in [0.25, 0.3) is 0 Å². The lowest BCUT2D eigenvalue weighted by Gasteiger charge is -2.26. The van der Waals surface area contributed by atoms with Gasteiger partial charge in [-0.1, -0.05) is 23.8 Å². The lowest BCUT2D eigenvalue weighted by atomic mass is 9.87. The molecule has 2 aromatic rings. The Morgan fingerprint density at radius 3 is 2.29 bits per heavy atom. The van der Waals surface area contributed by atoms with Gasteiger partial charge in [0.1, 0.15) is 17.1 Å². The Labute approximate surface area is 125 Å². The summed E-state index contributed by atoms with van der Waals surface area (Å²) < 4.78 is 10.6. The van der Waals surface area contributed by atoms with Crippen molar-refractivity contribution in [3.8, 4) is 11.5 Å². The first-order valence-corrected chi connectivity index (χ1v) is 7.13. The first-order valence-electron chi connectivity index (χ1n) is 7.13. The second kappa shape index (κ2) is 5.08. The van der Waals surface area contributed by atoms with Crippen LogP contribution in [0, 0.1) is 6.92 Å². The third kappa shape index (κ3) is 2.28. The number of hydrogen-bond acceptors (Lipinski definition) is 3. The van der Waals surface area contributed by atoms with Crippen molar-refractivity contribution < 1.29 is 14.6 Å². The van der Waals surface area contributed by atoms with Crippen molar-refractivity contribution >= 4 is 0 Å². The molecule has 0 fully saturated rings. The zero-order chi connectivity index (χ0) is 15.0. The van der Waals surface area contributed by atoms with Crippen molar-refractivity contribution in [3.63, 3.8) is 0 Å². The number of benzene rings is 2. The van der Waals surface area contributed by atoms with Crippen LogP contribution >= 0.6 is 0 Å². The van der Waals surface area contributed by atoms with Gasteiger partial charge in [-0.25, -0.2) is 0 Å². The van der Waals surface area contributed by atoms with Crippen LogP contribution in [-0.4, -0.2) is 19.3 Å². The molecule has 3 rings (SSSR count). The van der Waals surface area contributed by atoms with Crippen molar-refractivity contribution in [1.29, 1.82) is 0 Å². The van der Waals surface area contributed by atoms with Crippen LogP contribution in [0.15, 0.2) is 36.4 Å². The molecule has 110 valence electrons. The highest BCUT2D eigenvalue weighted by atomic mass is 16.5. The summed E-state index contributed by atoms with van der Waals surface area (Å²) in [5.41, 5.74) is 3.22. The average Bonchev–Trinajstić information content (AvgIpc) is 2.85. The molecule has 0 amide bonds. The quantitative estimate of drug-likeness (QED) is 0.940. The van der Waals surface area contributed by atoms with E-state index in [1.165, 1.54) is 5.56 Å². The molecule has 3 heteroatoms. The third-order valence-corrected chi connectivity index (χ3v) is 4.30. The maximum absolute atomic E-state index is 11.3. The molecule has 1 unspecified atom stereocenters. The lowest BCUT2D eigenvalue weighted by Crippen LogP contribution is -2.24. The minimum absolute atomic E-state index is 0.683. The predicted molar refractivity (Wildman–Crippen MR) is 82.0 cm³/mol. The zero-order valence-electron chi connectivity index (χ0n) is 12.6. The summed E-state index contributed by atoms with van der Waals surface area (Å²) in [5, 5.41) is 11.3. The number of rotatable bonds is 3. The molecule has 1 aliphatic rings. The minimum atomic E-state index is -0.969. The van der Waals surface area contributed by atoms with Crippen LogP contribution < -0.4 is 9.47 Å². The molecule has 21 heavy (non-hydrogen) atoms. The first-order chi connectivity index (χ1) is 10.1. The topological polar surface area (TPSA) is 38.7 Å². The van der Waals surface area contributed by atoms with E-state index in [2.05, 4.69) is 18.2 Å². The second-order valence-corrected chi connectivity index (χ2v) is 5.62. The molecule has 0 radical (unpaired) electrons. The smallest absolute Gasteiger partial charge is 0.122 e. The van der Waals surface area contributed by atoms with E-state index in [0.29, 0.717) is 17.9 Å². The molecule has 0 heterocycles. The summed E-state index contributed by atoms with van der Waals surface area (Å²) in [7, 11) is 3.24. The van der Waals surface area contributed by atoms with Crippen molar-refractivity contribution in [1.82, 2.24) is 0 Å². The standard InChI is InChI=1S/C18H20O3/c1-12-4-5-13-6-7-18(19,17(13)8-12)14-9-15(20-2)11-16(10-14)21-3/h4-5,8-11,19H,6-7H2,1-3H3. The Kier molecular flexibility index (Phi) is 3.38. The van der Waals surface area contributed by atoms with Crippen LogP contribution in [0.5, 0.6) is 11.5 Å². The van der Waals surface area contributed by atoms with Gasteiger partial charge in [0.05, 0.1) is 14.2 Å². The highest BCUT2D eigenvalue weighted by Gasteiger charge is 2.38. The largest absolute Gasteiger partial charge is 0.497 e. The number of fused-ring (bicyclic) bond motifs is 1. The number of ether oxygens (including phenoxy) is 2. The highest BCUT2D eigenvalue weighted by Crippen LogP contribution is 2.44. The molecule has 0 spiro atoms. The molecule has 0 saturated carbocycles. The van der Waals surface area contributed by atoms with Crippen LogP contribution in [-0.2, 0) is 12.0 Å². The fourth-order valence-electron chi connectivity index (χ4n) is 3.09. The summed E-state index contributed by atoms with van der Waals surface area (Å²) >= 11 is 0. The number of hydrogen-bond donors (Lipinski definition) is 1. The second-order valence-electron chi connectivity index (χ2n) is 5.62. The maximum Gasteiger partial charge on any atom is 0.122 e. The molecule has 1 N–H and O–H groups in total. The van der Waals surface area contributed by atoms with E-state index in [9.17, 15) is 5.11 Å². The Morgan fingerprint density at radius 1 is 1.00 bits per heavy atom. The molecule has 1 atom stereocenters. The molecule has 0 aliphatic heterocycles. The highest BCUT2D eigenvalue weighted by molar-refractivity contribution is 5.50. The number of aliphatic hydroxyl groups is 1. The van der Waals surface area contributed by atoms with Gasteiger partial charge in [-0.2, -0.15) is 0 Å². The van der Waals surface area contributed by atoms with Crippen molar-refractivity contribution in [2.24, 2.45) is 0 Å². The van der Waals surface area contributed by atoms with Crippen molar-refractivity contribution in [2.45, 2.75) is 25.4 Å². The predicted octanol–water partition coefficient (Wildman–Crippen LogP) is 3.19. The minimum Gasteiger partial charge on any atom is -0.497 e. The fourth-order valence-corrected chi connectivity index (χ4v) is 3.09. The Morgan fingerprint density at radius 2 is 1.67 bits per heavy atom. The summed E-state index contributed by atoms with van der Waals surface area (Å²) in [4.78, 5) is 0. The van der Waals surface area contributed by atoms with Gasteiger partial charge in [-0.05, 0) is 48.6 Å². The van der Waals surface area contributed by atoms with Crippen LogP contribution in [0.25, 0.3) is 0 Å². The molecule has 1 aliphatic carbocycles. The number of methoxy groups -OCH3 is 2. The molecular formula is C18H20O3. The Hall–Kier alpha value is -2.00. The van der Waals surface area contributed by atoms with Crippen molar-refractivity contribution in [3.05, 3.63) is 58.7 Å². The van der Waals surface area contributed by atoms with Gasteiger partial charge in [0, 0.05) is 6.07 Å². The first kappa shape index (κ1) is 14.0. The van der Waals surface area contributed by atoms with Gasteiger partial charge >= 0.3 is 0 Å². The Balaban J connectivity index is 2.15. The van der Waals surface area contributed by atoms with Gasteiger partial charge in [-0.15, -0.1) is 0 Å². The van der Waals surface area contributed by atoms with Crippen LogP contribution in [0.2, 0.25) is 0 Å². The third-order valence-electron chi connectivity index (χ3n) is 4.30. The molecule has 0 bridgehead atoms. The summed E-state index contributed by atoms with van der Waals surface area (Å²) in [5.74, 6) is 1.39. The monoisotopic (exact) mass is 284 g/mol. The maximum atomic E-state index is 11.3. The van der Waals surface area contributed by atoms with E-state index in [1.807, 2.05) is 25.1 Å². The van der Waals surface area contributed by atoms with Crippen molar-refractivity contribution in [2.75, 3.05) is 14.2 Å². The number of aryl methyl sites for hydroxylation is 2. The van der Waals surface area contributed by atoms with Gasteiger partial charge in [0.2, 0.25) is 0 Å². The van der Waals surface area contributed by atoms with E-state index >= 15 is 0 Å². The summed E-state index contributed by atoms with van der Waals surface area (Å²) in [6.45, 7) is 2.05. The van der Waals surface area contributed by atoms with Crippen LogP contribution in [0.4, 0.5) is 0 Å². The molecule has 0 saturated heterocycles. The molecule has 0 aromatic heterocycles. The lowest BCUT2D eigenvalue weighted by molar-refractivity contribution is 0.0823. The zero-order valence-corrected chi connectivity index (χ0v) is 12.6. The SMILES string of the molecule is COc1cc(OC)cc(C2(O)CCc3ccc(C)cc32)c1. The summed E-state index contributed by atoms with van der Waals surface area (Å²) in [6, 6.07) is 11.9. The fraction of sp³-hybridized carbons (Fsp3) is 0.333. The summed E-state index contributed by atoms with van der Waals surface area (Å²) in [6.07, 6.45) is 1.56. The van der Waals surface area contributed by atoms with E-state index in [4.69, 9.17) is 9.47 Å². The van der Waals surface area contributed by atoms with E-state index in [1.54, 1.807) is 14.2 Å². The normalized spacial score (nSPS) is 20.2. The van der Waals surface area contributed by atoms with Crippen LogP contribution in [0.3, 0.4) is 0 Å². The van der Waals surface area contributed by atoms with Gasteiger partial charge in [-0.3, -0.25) is 0 Å². The van der Waals surface area contributed by atoms with Gasteiger partial charge in [0.15, 0.2) is 0 Å². The van der Waals surface area contributed by atoms with E-state index in [-0.39, 0.29) is 0 Å². The molecule has 3 nitrogen and oxygen atoms in total. The molecular weight excluding hydrogens is 264 g/mol. The van der Waals surface area contributed by atoms with Crippen LogP contribution in [0.1, 0.15) is 28.7 Å². The average molecular weight is 284 g/mol. The van der Waals surface area contributed by atoms with E-state index < -0.39 is 5.60 Å². The van der Waals surface area contributed by atoms with E-state index in [0.717, 1.165) is 23.1 Å².